The first kappa shape index (κ1) is 20.4. The molecule has 0 saturated heterocycles. The van der Waals surface area contributed by atoms with Crippen LogP contribution < -0.4 is 25.4 Å². The summed E-state index contributed by atoms with van der Waals surface area (Å²) < 4.78 is 10.6. The van der Waals surface area contributed by atoms with Crippen LogP contribution in [0.15, 0.2) is 42.6 Å². The zero-order valence-electron chi connectivity index (χ0n) is 17.4. The fourth-order valence-corrected chi connectivity index (χ4v) is 3.15. The van der Waals surface area contributed by atoms with Crippen LogP contribution in [0.1, 0.15) is 17.0 Å². The molecular weight excluding hydrogens is 396 g/mol. The van der Waals surface area contributed by atoms with Crippen LogP contribution >= 0.6 is 0 Å². The van der Waals surface area contributed by atoms with Gasteiger partial charge in [-0.1, -0.05) is 6.07 Å². The average Bonchev–Trinajstić information content (AvgIpc) is 3.19. The number of ether oxygens (including phenoxy) is 2. The minimum Gasteiger partial charge on any atom is -0.454 e. The summed E-state index contributed by atoms with van der Waals surface area (Å²) in [4.78, 5) is 25.3. The molecule has 2 aromatic heterocycles. The Labute approximate surface area is 180 Å². The normalized spacial score (nSPS) is 11.8. The van der Waals surface area contributed by atoms with Gasteiger partial charge in [-0.25, -0.2) is 15.0 Å². The van der Waals surface area contributed by atoms with E-state index in [4.69, 9.17) is 9.47 Å². The van der Waals surface area contributed by atoms with Gasteiger partial charge in [-0.2, -0.15) is 0 Å². The second-order valence-corrected chi connectivity index (χ2v) is 7.17. The van der Waals surface area contributed by atoms with Crippen LogP contribution in [-0.4, -0.2) is 40.7 Å². The van der Waals surface area contributed by atoms with Crippen molar-refractivity contribution in [2.24, 2.45) is 0 Å². The molecule has 0 bridgehead atoms. The number of anilines is 3. The smallest absolute Gasteiger partial charge is 0.231 e. The van der Waals surface area contributed by atoms with Crippen LogP contribution in [0, 0.1) is 13.8 Å². The van der Waals surface area contributed by atoms with Gasteiger partial charge >= 0.3 is 0 Å². The predicted octanol–water partition coefficient (Wildman–Crippen LogP) is 2.73. The molecule has 1 aliphatic heterocycles. The summed E-state index contributed by atoms with van der Waals surface area (Å²) in [6.45, 7) is 5.05. The Balaban J connectivity index is 1.25. The molecule has 1 amide bonds. The number of fused-ring (bicyclic) bond motifs is 1. The lowest BCUT2D eigenvalue weighted by molar-refractivity contribution is -0.120. The first-order valence-electron chi connectivity index (χ1n) is 9.99. The molecule has 9 heteroatoms. The van der Waals surface area contributed by atoms with E-state index in [1.807, 2.05) is 50.2 Å². The maximum Gasteiger partial charge on any atom is 0.231 e. The summed E-state index contributed by atoms with van der Waals surface area (Å²) in [7, 11) is 0. The van der Waals surface area contributed by atoms with E-state index in [1.54, 1.807) is 6.20 Å². The molecule has 3 N–H and O–H groups in total. The van der Waals surface area contributed by atoms with Crippen molar-refractivity contribution in [2.75, 3.05) is 30.5 Å². The van der Waals surface area contributed by atoms with E-state index in [0.29, 0.717) is 42.0 Å². The van der Waals surface area contributed by atoms with Crippen LogP contribution in [0.3, 0.4) is 0 Å². The lowest BCUT2D eigenvalue weighted by atomic mass is 10.1. The molecule has 3 heterocycles. The number of nitrogens with one attached hydrogen (secondary N) is 3. The Morgan fingerprint density at radius 3 is 2.68 bits per heavy atom. The molecule has 1 aliphatic rings. The Morgan fingerprint density at radius 1 is 0.968 bits per heavy atom. The lowest BCUT2D eigenvalue weighted by Crippen LogP contribution is -2.30. The van der Waals surface area contributed by atoms with E-state index in [0.717, 1.165) is 16.9 Å². The van der Waals surface area contributed by atoms with Crippen molar-refractivity contribution >= 4 is 23.4 Å². The number of aryl methyl sites for hydroxylation is 2. The van der Waals surface area contributed by atoms with Gasteiger partial charge < -0.3 is 25.4 Å². The van der Waals surface area contributed by atoms with E-state index in [9.17, 15) is 4.79 Å². The summed E-state index contributed by atoms with van der Waals surface area (Å²) >= 11 is 0. The van der Waals surface area contributed by atoms with Gasteiger partial charge in [0.15, 0.2) is 11.5 Å². The van der Waals surface area contributed by atoms with Crippen molar-refractivity contribution in [3.63, 3.8) is 0 Å². The third-order valence-corrected chi connectivity index (χ3v) is 4.56. The number of hydrogen-bond donors (Lipinski definition) is 3. The number of rotatable bonds is 8. The molecule has 9 nitrogen and oxygen atoms in total. The highest BCUT2D eigenvalue weighted by atomic mass is 16.7. The van der Waals surface area contributed by atoms with Gasteiger partial charge in [-0.05, 0) is 49.2 Å². The molecule has 31 heavy (non-hydrogen) atoms. The molecule has 0 saturated carbocycles. The van der Waals surface area contributed by atoms with Crippen LogP contribution in [0.4, 0.5) is 17.5 Å². The Bertz CT molecular complexity index is 1090. The number of amides is 1. The number of hydrogen-bond acceptors (Lipinski definition) is 8. The predicted molar refractivity (Wildman–Crippen MR) is 117 cm³/mol. The van der Waals surface area contributed by atoms with Crippen molar-refractivity contribution in [1.29, 1.82) is 0 Å². The lowest BCUT2D eigenvalue weighted by Gasteiger charge is -2.11. The van der Waals surface area contributed by atoms with E-state index in [-0.39, 0.29) is 19.1 Å². The standard InChI is InChI=1S/C22H24N6O3/c1-14-5-6-23-19(9-14)28-21-12-20(26-15(2)27-21)24-7-8-25-22(29)11-16-3-4-17-18(10-16)31-13-30-17/h3-6,9-10,12H,7-8,11,13H2,1-2H3,(H,25,29)(H2,23,24,26,27,28). The van der Waals surface area contributed by atoms with Gasteiger partial charge in [-0.15, -0.1) is 0 Å². The number of aromatic nitrogens is 3. The average molecular weight is 420 g/mol. The number of benzene rings is 1. The first-order chi connectivity index (χ1) is 15.0. The molecule has 160 valence electrons. The molecule has 0 aliphatic carbocycles. The van der Waals surface area contributed by atoms with Gasteiger partial charge in [-0.3, -0.25) is 4.79 Å². The molecule has 4 rings (SSSR count). The number of carbonyl (C=O) groups excluding carboxylic acids is 1. The molecule has 0 unspecified atom stereocenters. The third-order valence-electron chi connectivity index (χ3n) is 4.56. The number of nitrogens with zero attached hydrogens (tertiary/aromatic N) is 3. The van der Waals surface area contributed by atoms with Crippen molar-refractivity contribution in [1.82, 2.24) is 20.3 Å². The highest BCUT2D eigenvalue weighted by Gasteiger charge is 2.14. The summed E-state index contributed by atoms with van der Waals surface area (Å²) in [5, 5.41) is 9.30. The van der Waals surface area contributed by atoms with Crippen LogP contribution in [0.5, 0.6) is 11.5 Å². The molecule has 0 spiro atoms. The fourth-order valence-electron chi connectivity index (χ4n) is 3.15. The Morgan fingerprint density at radius 2 is 1.81 bits per heavy atom. The van der Waals surface area contributed by atoms with Crippen molar-refractivity contribution in [2.45, 2.75) is 20.3 Å². The topological polar surface area (TPSA) is 110 Å². The molecule has 0 fully saturated rings. The van der Waals surface area contributed by atoms with Crippen molar-refractivity contribution in [3.05, 3.63) is 59.5 Å². The van der Waals surface area contributed by atoms with E-state index >= 15 is 0 Å². The van der Waals surface area contributed by atoms with Crippen LogP contribution in [0.2, 0.25) is 0 Å². The number of pyridine rings is 1. The van der Waals surface area contributed by atoms with Crippen molar-refractivity contribution < 1.29 is 14.3 Å². The second kappa shape index (κ2) is 9.29. The van der Waals surface area contributed by atoms with E-state index in [2.05, 4.69) is 30.9 Å². The molecular formula is C22H24N6O3. The highest BCUT2D eigenvalue weighted by molar-refractivity contribution is 5.78. The summed E-state index contributed by atoms with van der Waals surface area (Å²) in [6.07, 6.45) is 2.03. The molecule has 0 atom stereocenters. The minimum atomic E-state index is -0.0626. The van der Waals surface area contributed by atoms with Crippen molar-refractivity contribution in [3.8, 4) is 11.5 Å². The highest BCUT2D eigenvalue weighted by Crippen LogP contribution is 2.32. The van der Waals surface area contributed by atoms with Crippen LogP contribution in [-0.2, 0) is 11.2 Å². The summed E-state index contributed by atoms with van der Waals surface area (Å²) in [6, 6.07) is 11.2. The Hall–Kier alpha value is -3.88. The quantitative estimate of drug-likeness (QED) is 0.477. The Kier molecular flexibility index (Phi) is 6.11. The van der Waals surface area contributed by atoms with Gasteiger partial charge in [0.05, 0.1) is 6.42 Å². The zero-order chi connectivity index (χ0) is 21.6. The largest absolute Gasteiger partial charge is 0.454 e. The summed E-state index contributed by atoms with van der Waals surface area (Å²) in [5.41, 5.74) is 1.99. The monoisotopic (exact) mass is 420 g/mol. The molecule has 3 aromatic rings. The van der Waals surface area contributed by atoms with Gasteiger partial charge in [0.1, 0.15) is 23.3 Å². The van der Waals surface area contributed by atoms with E-state index < -0.39 is 0 Å². The van der Waals surface area contributed by atoms with Gasteiger partial charge in [0, 0.05) is 25.4 Å². The zero-order valence-corrected chi connectivity index (χ0v) is 17.4. The molecule has 0 radical (unpaired) electrons. The molecule has 1 aromatic carbocycles. The van der Waals surface area contributed by atoms with Gasteiger partial charge in [0.25, 0.3) is 0 Å². The summed E-state index contributed by atoms with van der Waals surface area (Å²) in [5.74, 6) is 4.00. The fraction of sp³-hybridized carbons (Fsp3) is 0.273. The maximum absolute atomic E-state index is 12.2. The minimum absolute atomic E-state index is 0.0626. The van der Waals surface area contributed by atoms with Gasteiger partial charge in [0.2, 0.25) is 12.7 Å². The first-order valence-corrected chi connectivity index (χ1v) is 9.99. The maximum atomic E-state index is 12.2. The van der Waals surface area contributed by atoms with E-state index in [1.165, 1.54) is 0 Å². The van der Waals surface area contributed by atoms with Crippen LogP contribution in [0.25, 0.3) is 0 Å². The second-order valence-electron chi connectivity index (χ2n) is 7.17. The SMILES string of the molecule is Cc1ccnc(Nc2cc(NCCNC(=O)Cc3ccc4c(c3)OCO4)nc(C)n2)c1. The number of carbonyl (C=O) groups is 1. The third kappa shape index (κ3) is 5.59.